The van der Waals surface area contributed by atoms with Crippen LogP contribution >= 0.6 is 31.9 Å². The highest BCUT2D eigenvalue weighted by molar-refractivity contribution is 9.11. The summed E-state index contributed by atoms with van der Waals surface area (Å²) in [7, 11) is 0. The monoisotopic (exact) mass is 542 g/mol. The minimum absolute atomic E-state index is 0.0454. The molecule has 0 saturated heterocycles. The summed E-state index contributed by atoms with van der Waals surface area (Å²) in [6, 6.07) is 3.54. The van der Waals surface area contributed by atoms with E-state index in [1.165, 1.54) is 6.07 Å². The smallest absolute Gasteiger partial charge is 0.308 e. The molecule has 0 saturated carbocycles. The first-order valence-electron chi connectivity index (χ1n) is 8.12. The molecule has 30 heavy (non-hydrogen) atoms. The number of benzene rings is 2. The lowest BCUT2D eigenvalue weighted by Gasteiger charge is -2.15. The Morgan fingerprint density at radius 3 is 2.10 bits per heavy atom. The Balaban J connectivity index is 2.52. The molecule has 1 aromatic heterocycles. The first-order chi connectivity index (χ1) is 14.0. The van der Waals surface area contributed by atoms with Gasteiger partial charge >= 0.3 is 11.9 Å². The Morgan fingerprint density at radius 1 is 0.933 bits per heavy atom. The van der Waals surface area contributed by atoms with Crippen LogP contribution in [0.15, 0.2) is 36.4 Å². The van der Waals surface area contributed by atoms with Crippen LogP contribution in [-0.4, -0.2) is 27.3 Å². The molecule has 0 aliphatic heterocycles. The van der Waals surface area contributed by atoms with Gasteiger partial charge in [-0.05, 0) is 50.1 Å². The highest BCUT2D eigenvalue weighted by Gasteiger charge is 2.28. The molecule has 0 amide bonds. The highest BCUT2D eigenvalue weighted by atomic mass is 79.9. The second-order valence-electron chi connectivity index (χ2n) is 5.99. The van der Waals surface area contributed by atoms with Crippen LogP contribution in [0.5, 0.6) is 28.7 Å². The third kappa shape index (κ3) is 3.73. The van der Waals surface area contributed by atoms with Crippen molar-refractivity contribution in [2.45, 2.75) is 13.8 Å². The molecule has 3 N–H and O–H groups in total. The van der Waals surface area contributed by atoms with E-state index in [0.717, 1.165) is 26.0 Å². The fourth-order valence-corrected chi connectivity index (χ4v) is 3.85. The zero-order valence-electron chi connectivity index (χ0n) is 15.3. The van der Waals surface area contributed by atoms with Gasteiger partial charge < -0.3 is 29.2 Å². The Hall–Kier alpha value is -3.05. The molecule has 0 spiro atoms. The van der Waals surface area contributed by atoms with Gasteiger partial charge in [-0.25, -0.2) is 0 Å². The topological polar surface area (TPSA) is 144 Å². The van der Waals surface area contributed by atoms with Crippen LogP contribution in [-0.2, 0) is 9.59 Å². The number of phenols is 3. The lowest BCUT2D eigenvalue weighted by Crippen LogP contribution is -2.15. The van der Waals surface area contributed by atoms with Crippen molar-refractivity contribution in [3.63, 3.8) is 0 Å². The number of rotatable bonds is 3. The van der Waals surface area contributed by atoms with Gasteiger partial charge in [-0.3, -0.25) is 14.4 Å². The van der Waals surface area contributed by atoms with Crippen molar-refractivity contribution in [1.29, 1.82) is 0 Å². The van der Waals surface area contributed by atoms with Crippen molar-refractivity contribution in [1.82, 2.24) is 0 Å². The molecule has 0 aliphatic carbocycles. The van der Waals surface area contributed by atoms with Crippen LogP contribution in [0.4, 0.5) is 0 Å². The summed E-state index contributed by atoms with van der Waals surface area (Å²) in [5.74, 6) is -4.11. The number of esters is 2. The summed E-state index contributed by atoms with van der Waals surface area (Å²) >= 11 is 6.19. The van der Waals surface area contributed by atoms with E-state index >= 15 is 0 Å². The molecular formula is C19H12Br2O9. The van der Waals surface area contributed by atoms with Crippen molar-refractivity contribution in [3.05, 3.63) is 37.4 Å². The summed E-state index contributed by atoms with van der Waals surface area (Å²) in [6.07, 6.45) is 0. The molecule has 0 fully saturated rings. The third-order valence-electron chi connectivity index (χ3n) is 3.84. The SMILES string of the molecule is CC(=O)Oc1c(-c2ccc(O)c(O)c2)oc2c(Br)c(O)c(Br)c(OC(C)=O)c2c1=O. The van der Waals surface area contributed by atoms with Gasteiger partial charge in [0.15, 0.2) is 34.3 Å². The van der Waals surface area contributed by atoms with Gasteiger partial charge in [0.05, 0.1) is 0 Å². The quantitative estimate of drug-likeness (QED) is 0.254. The van der Waals surface area contributed by atoms with E-state index in [9.17, 15) is 29.7 Å². The Bertz CT molecular complexity index is 1280. The van der Waals surface area contributed by atoms with Crippen molar-refractivity contribution in [2.24, 2.45) is 0 Å². The van der Waals surface area contributed by atoms with E-state index in [-0.39, 0.29) is 37.0 Å². The van der Waals surface area contributed by atoms with Crippen LogP contribution in [0.3, 0.4) is 0 Å². The molecular weight excluding hydrogens is 532 g/mol. The number of hydrogen-bond donors (Lipinski definition) is 3. The fourth-order valence-electron chi connectivity index (χ4n) is 2.63. The van der Waals surface area contributed by atoms with Gasteiger partial charge in [0.2, 0.25) is 11.2 Å². The zero-order chi connectivity index (χ0) is 22.3. The summed E-state index contributed by atoms with van der Waals surface area (Å²) in [5, 5.41) is 29.4. The summed E-state index contributed by atoms with van der Waals surface area (Å²) in [6.45, 7) is 2.16. The van der Waals surface area contributed by atoms with Crippen LogP contribution in [0.1, 0.15) is 13.8 Å². The van der Waals surface area contributed by atoms with Gasteiger partial charge in [-0.2, -0.15) is 0 Å². The van der Waals surface area contributed by atoms with Gasteiger partial charge in [-0.15, -0.1) is 0 Å². The number of hydrogen-bond acceptors (Lipinski definition) is 9. The lowest BCUT2D eigenvalue weighted by molar-refractivity contribution is -0.133. The van der Waals surface area contributed by atoms with E-state index in [2.05, 4.69) is 31.9 Å². The van der Waals surface area contributed by atoms with E-state index in [1.54, 1.807) is 0 Å². The Kier molecular flexibility index (Phi) is 5.77. The first kappa shape index (κ1) is 21.7. The minimum Gasteiger partial charge on any atom is -0.505 e. The molecule has 0 radical (unpaired) electrons. The number of aromatic hydroxyl groups is 3. The largest absolute Gasteiger partial charge is 0.505 e. The Morgan fingerprint density at radius 2 is 1.53 bits per heavy atom. The molecule has 3 rings (SSSR count). The van der Waals surface area contributed by atoms with Gasteiger partial charge in [0.1, 0.15) is 14.3 Å². The summed E-state index contributed by atoms with van der Waals surface area (Å²) in [5.41, 5.74) is -1.01. The Labute approximate surface area is 184 Å². The molecule has 0 atom stereocenters. The maximum absolute atomic E-state index is 13.3. The number of halogens is 2. The van der Waals surface area contributed by atoms with Crippen LogP contribution in [0, 0.1) is 0 Å². The van der Waals surface area contributed by atoms with Crippen LogP contribution in [0.25, 0.3) is 22.3 Å². The van der Waals surface area contributed by atoms with Crippen molar-refractivity contribution in [3.8, 4) is 40.1 Å². The number of phenolic OH excluding ortho intramolecular Hbond substituents is 3. The number of fused-ring (bicyclic) bond motifs is 1. The molecule has 0 bridgehead atoms. The normalized spacial score (nSPS) is 10.8. The summed E-state index contributed by atoms with van der Waals surface area (Å²) in [4.78, 5) is 36.4. The molecule has 11 heteroatoms. The maximum atomic E-state index is 13.3. The van der Waals surface area contributed by atoms with Crippen molar-refractivity contribution >= 4 is 54.8 Å². The zero-order valence-corrected chi connectivity index (χ0v) is 18.5. The predicted octanol–water partition coefficient (Wildman–Crippen LogP) is 3.95. The van der Waals surface area contributed by atoms with Crippen LogP contribution < -0.4 is 14.9 Å². The highest BCUT2D eigenvalue weighted by Crippen LogP contribution is 2.47. The first-order valence-corrected chi connectivity index (χ1v) is 9.71. The van der Waals surface area contributed by atoms with E-state index in [1.807, 2.05) is 0 Å². The molecule has 0 unspecified atom stereocenters. The summed E-state index contributed by atoms with van der Waals surface area (Å²) < 4.78 is 15.7. The average Bonchev–Trinajstić information content (AvgIpc) is 2.66. The average molecular weight is 544 g/mol. The van der Waals surface area contributed by atoms with Crippen molar-refractivity contribution < 1.29 is 38.8 Å². The predicted molar refractivity (Wildman–Crippen MR) is 111 cm³/mol. The van der Waals surface area contributed by atoms with E-state index in [0.29, 0.717) is 0 Å². The van der Waals surface area contributed by atoms with Crippen molar-refractivity contribution in [2.75, 3.05) is 0 Å². The van der Waals surface area contributed by atoms with Gasteiger partial charge in [0.25, 0.3) is 0 Å². The molecule has 3 aromatic rings. The molecule has 1 heterocycles. The van der Waals surface area contributed by atoms with E-state index in [4.69, 9.17) is 13.9 Å². The minimum atomic E-state index is -0.883. The fraction of sp³-hybridized carbons (Fsp3) is 0.105. The molecule has 2 aromatic carbocycles. The van der Waals surface area contributed by atoms with Crippen LogP contribution in [0.2, 0.25) is 0 Å². The molecule has 0 aliphatic rings. The number of carbonyl (C=O) groups is 2. The molecule has 156 valence electrons. The van der Waals surface area contributed by atoms with Gasteiger partial charge in [-0.1, -0.05) is 0 Å². The standard InChI is InChI=1S/C19H12Br2O9/c1-6(22)28-17-11-14(26)19(29-7(2)23)16(8-3-4-9(24)10(25)5-8)30-18(11)13(21)15(27)12(17)20/h3-5,24-25,27H,1-2H3. The third-order valence-corrected chi connectivity index (χ3v) is 5.31. The lowest BCUT2D eigenvalue weighted by atomic mass is 10.1. The second kappa shape index (κ2) is 8.00. The van der Waals surface area contributed by atoms with Gasteiger partial charge in [0, 0.05) is 19.4 Å². The number of carbonyl (C=O) groups excluding carboxylic acids is 2. The number of ether oxygens (including phenoxy) is 2. The maximum Gasteiger partial charge on any atom is 0.308 e. The van der Waals surface area contributed by atoms with E-state index < -0.39 is 40.4 Å². The second-order valence-corrected chi connectivity index (χ2v) is 7.58. The molecule has 9 nitrogen and oxygen atoms in total.